The predicted octanol–water partition coefficient (Wildman–Crippen LogP) is 4.75. The smallest absolute Gasteiger partial charge is 0.330 e. The van der Waals surface area contributed by atoms with Crippen LogP contribution in [-0.2, 0) is 15.1 Å². The van der Waals surface area contributed by atoms with E-state index in [0.29, 0.717) is 17.9 Å². The van der Waals surface area contributed by atoms with Crippen LogP contribution in [0.4, 0.5) is 0 Å². The number of hydrogen-bond acceptors (Lipinski definition) is 7. The van der Waals surface area contributed by atoms with Gasteiger partial charge in [-0.3, -0.25) is 14.3 Å². The van der Waals surface area contributed by atoms with E-state index in [9.17, 15) is 14.7 Å². The summed E-state index contributed by atoms with van der Waals surface area (Å²) >= 11 is 0. The lowest BCUT2D eigenvalue weighted by Gasteiger charge is -2.37. The number of aromatic amines is 1. The van der Waals surface area contributed by atoms with E-state index in [-0.39, 0.29) is 18.6 Å². The minimum atomic E-state index is -1.10. The molecule has 0 amide bonds. The van der Waals surface area contributed by atoms with E-state index in [4.69, 9.17) is 18.9 Å². The van der Waals surface area contributed by atoms with Crippen LogP contribution in [0.2, 0.25) is 0 Å². The quantitative estimate of drug-likeness (QED) is 0.143. The van der Waals surface area contributed by atoms with E-state index in [1.165, 1.54) is 10.8 Å². The number of unbranched alkanes of at least 4 members (excludes halogenated alkanes) is 2. The first-order valence-electron chi connectivity index (χ1n) is 15.1. The molecule has 9 nitrogen and oxygen atoms in total. The molecule has 0 saturated carbocycles. The molecule has 1 fully saturated rings. The molecular weight excluding hydrogens is 572 g/mol. The van der Waals surface area contributed by atoms with Crippen molar-refractivity contribution in [3.63, 3.8) is 0 Å². The van der Waals surface area contributed by atoms with Gasteiger partial charge in [-0.1, -0.05) is 79.8 Å². The maximum atomic E-state index is 12.8. The number of aromatic nitrogens is 2. The second-order valence-electron chi connectivity index (χ2n) is 10.9. The summed E-state index contributed by atoms with van der Waals surface area (Å²) in [5.74, 6) is 7.25. The van der Waals surface area contributed by atoms with Gasteiger partial charge in [0.15, 0.2) is 0 Å². The second-order valence-corrected chi connectivity index (χ2v) is 10.9. The highest BCUT2D eigenvalue weighted by atomic mass is 16.6. The van der Waals surface area contributed by atoms with Crippen LogP contribution in [0.1, 0.15) is 61.1 Å². The van der Waals surface area contributed by atoms with Crippen LogP contribution in [-0.4, -0.2) is 47.7 Å². The fraction of sp³-hybridized carbons (Fsp3) is 0.333. The Morgan fingerprint density at radius 1 is 0.933 bits per heavy atom. The molecule has 3 aromatic carbocycles. The number of ether oxygens (including phenoxy) is 4. The zero-order valence-electron chi connectivity index (χ0n) is 25.7. The molecule has 5 rings (SSSR count). The molecule has 3 atom stereocenters. The first-order valence-corrected chi connectivity index (χ1v) is 15.1. The highest BCUT2D eigenvalue weighted by Gasteiger charge is 2.42. The highest BCUT2D eigenvalue weighted by Crippen LogP contribution is 2.42. The molecule has 0 unspecified atom stereocenters. The number of benzene rings is 3. The highest BCUT2D eigenvalue weighted by molar-refractivity contribution is 5.49. The third-order valence-corrected chi connectivity index (χ3v) is 8.00. The van der Waals surface area contributed by atoms with Crippen LogP contribution >= 0.6 is 0 Å². The van der Waals surface area contributed by atoms with Crippen LogP contribution in [0.25, 0.3) is 0 Å². The molecule has 4 aromatic rings. The molecule has 2 N–H and O–H groups in total. The Kier molecular flexibility index (Phi) is 10.2. The molecule has 45 heavy (non-hydrogen) atoms. The Balaban J connectivity index is 1.49. The van der Waals surface area contributed by atoms with Gasteiger partial charge >= 0.3 is 5.69 Å². The third-order valence-electron chi connectivity index (χ3n) is 8.00. The molecule has 0 bridgehead atoms. The number of hydrogen-bond donors (Lipinski definition) is 2. The van der Waals surface area contributed by atoms with Gasteiger partial charge in [0.25, 0.3) is 5.56 Å². The lowest BCUT2D eigenvalue weighted by atomic mass is 9.80. The summed E-state index contributed by atoms with van der Waals surface area (Å²) in [5, 5.41) is 11.1. The minimum Gasteiger partial charge on any atom is -0.497 e. The van der Waals surface area contributed by atoms with Crippen molar-refractivity contribution in [3.05, 3.63) is 128 Å². The molecular formula is C36H38N2O7. The number of nitrogens with zero attached hydrogens (tertiary/aromatic N) is 1. The fourth-order valence-electron chi connectivity index (χ4n) is 5.53. The maximum Gasteiger partial charge on any atom is 0.330 e. The summed E-state index contributed by atoms with van der Waals surface area (Å²) in [6.45, 7) is 2.06. The third kappa shape index (κ3) is 6.89. The molecule has 2 heterocycles. The van der Waals surface area contributed by atoms with Crippen molar-refractivity contribution in [1.29, 1.82) is 0 Å². The average Bonchev–Trinajstić information content (AvgIpc) is 3.44. The Hall–Kier alpha value is -4.62. The van der Waals surface area contributed by atoms with E-state index >= 15 is 0 Å². The number of nitrogens with one attached hydrogen (secondary N) is 1. The first-order chi connectivity index (χ1) is 21.9. The van der Waals surface area contributed by atoms with Gasteiger partial charge in [0.05, 0.1) is 26.9 Å². The van der Waals surface area contributed by atoms with Gasteiger partial charge in [-0.15, -0.1) is 0 Å². The molecule has 0 aliphatic carbocycles. The van der Waals surface area contributed by atoms with E-state index < -0.39 is 35.3 Å². The summed E-state index contributed by atoms with van der Waals surface area (Å²) in [5.41, 5.74) is 0.437. The van der Waals surface area contributed by atoms with Gasteiger partial charge in [-0.2, -0.15) is 0 Å². The maximum absolute atomic E-state index is 12.8. The van der Waals surface area contributed by atoms with Crippen molar-refractivity contribution in [2.45, 2.75) is 56.6 Å². The number of rotatable bonds is 11. The normalized spacial score (nSPS) is 17.8. The summed E-state index contributed by atoms with van der Waals surface area (Å²) in [6.07, 6.45) is 1.57. The Morgan fingerprint density at radius 3 is 2.11 bits per heavy atom. The van der Waals surface area contributed by atoms with Gasteiger partial charge in [-0.05, 0) is 47.4 Å². The topological polar surface area (TPSA) is 112 Å². The van der Waals surface area contributed by atoms with Crippen LogP contribution in [0, 0.1) is 11.8 Å². The summed E-state index contributed by atoms with van der Waals surface area (Å²) < 4.78 is 25.2. The average molecular weight is 611 g/mol. The fourth-order valence-corrected chi connectivity index (χ4v) is 5.53. The number of H-pyrrole nitrogens is 1. The summed E-state index contributed by atoms with van der Waals surface area (Å²) in [6, 6.07) is 25.1. The zero-order valence-corrected chi connectivity index (χ0v) is 25.7. The molecule has 0 spiro atoms. The van der Waals surface area contributed by atoms with Gasteiger partial charge in [-0.25, -0.2) is 4.79 Å². The molecule has 1 aromatic heterocycles. The van der Waals surface area contributed by atoms with Crippen LogP contribution in [0.5, 0.6) is 11.5 Å². The zero-order chi connectivity index (χ0) is 31.8. The number of aliphatic hydroxyl groups is 1. The Morgan fingerprint density at radius 2 is 1.53 bits per heavy atom. The predicted molar refractivity (Wildman–Crippen MR) is 171 cm³/mol. The Labute approximate surface area is 262 Å². The van der Waals surface area contributed by atoms with Gasteiger partial charge in [0, 0.05) is 19.0 Å². The van der Waals surface area contributed by atoms with Crippen molar-refractivity contribution in [1.82, 2.24) is 9.55 Å². The van der Waals surface area contributed by atoms with Crippen LogP contribution in [0.15, 0.2) is 94.6 Å². The number of aliphatic hydroxyl groups excluding tert-OH is 1. The van der Waals surface area contributed by atoms with Gasteiger partial charge < -0.3 is 24.1 Å². The lowest BCUT2D eigenvalue weighted by Crippen LogP contribution is -2.38. The molecule has 1 aliphatic heterocycles. The van der Waals surface area contributed by atoms with E-state index in [0.717, 1.165) is 29.5 Å². The molecule has 0 radical (unpaired) electrons. The van der Waals surface area contributed by atoms with E-state index in [1.54, 1.807) is 14.2 Å². The SMILES string of the molecule is CCCCC#Cc1cn([C@H]2C[C@H](O)[C@@H](COC(c3ccccc3)(c3ccc(OC)cc3)c3ccc(OC)cc3)O2)c(=O)[nH]c1=O. The van der Waals surface area contributed by atoms with Crippen molar-refractivity contribution < 1.29 is 24.1 Å². The largest absolute Gasteiger partial charge is 0.497 e. The van der Waals surface area contributed by atoms with Crippen molar-refractivity contribution in [3.8, 4) is 23.3 Å². The standard InChI is InChI=1S/C36H38N2O7/c1-4-5-6-8-11-25-23-38(35(41)37-34(25)40)33-22-31(39)32(45-33)24-44-36(26-12-9-7-10-13-26,27-14-18-29(42-2)19-15-27)28-16-20-30(43-3)21-17-28/h7,9-10,12-21,23,31-33,39H,4-6,22,24H2,1-3H3,(H,37,40,41)/t31-,32+,33+/m0/s1. The minimum absolute atomic E-state index is 0.00754. The monoisotopic (exact) mass is 610 g/mol. The number of methoxy groups -OCH3 is 2. The molecule has 234 valence electrons. The summed E-state index contributed by atoms with van der Waals surface area (Å²) in [4.78, 5) is 27.5. The molecule has 1 aliphatic rings. The van der Waals surface area contributed by atoms with Crippen LogP contribution < -0.4 is 20.7 Å². The first kappa shape index (κ1) is 31.8. The second kappa shape index (κ2) is 14.4. The lowest BCUT2D eigenvalue weighted by molar-refractivity contribution is -0.0944. The summed E-state index contributed by atoms with van der Waals surface area (Å²) in [7, 11) is 3.23. The van der Waals surface area contributed by atoms with Gasteiger partial charge in [0.1, 0.15) is 35.0 Å². The van der Waals surface area contributed by atoms with Crippen molar-refractivity contribution >= 4 is 0 Å². The molecule has 1 saturated heterocycles. The Bertz CT molecular complexity index is 1690. The van der Waals surface area contributed by atoms with Gasteiger partial charge in [0.2, 0.25) is 0 Å². The van der Waals surface area contributed by atoms with E-state index in [2.05, 4.69) is 23.7 Å². The van der Waals surface area contributed by atoms with Crippen LogP contribution in [0.3, 0.4) is 0 Å². The van der Waals surface area contributed by atoms with Crippen molar-refractivity contribution in [2.24, 2.45) is 0 Å². The molecule has 9 heteroatoms. The van der Waals surface area contributed by atoms with E-state index in [1.807, 2.05) is 78.9 Å². The van der Waals surface area contributed by atoms with Crippen molar-refractivity contribution in [2.75, 3.05) is 20.8 Å².